The number of sulfone groups is 1. The molecular weight excluding hydrogens is 294 g/mol. The number of carboxylic acids is 1. The molecule has 1 aromatic carbocycles. The molecule has 0 saturated carbocycles. The van der Waals surface area contributed by atoms with Gasteiger partial charge in [0.05, 0.1) is 4.90 Å². The van der Waals surface area contributed by atoms with Crippen LogP contribution in [0.25, 0.3) is 0 Å². The molecule has 0 unspecified atom stereocenters. The van der Waals surface area contributed by atoms with Crippen LogP contribution in [0.4, 0.5) is 0 Å². The summed E-state index contributed by atoms with van der Waals surface area (Å²) < 4.78 is 23.7. The molecular formula is C11H12ClNO5S. The first-order valence-electron chi connectivity index (χ1n) is 5.23. The van der Waals surface area contributed by atoms with Crippen LogP contribution in [-0.2, 0) is 19.4 Å². The summed E-state index contributed by atoms with van der Waals surface area (Å²) in [7, 11) is -3.81. The second kappa shape index (κ2) is 6.03. The smallest absolute Gasteiger partial charge is 0.325 e. The number of hydrogen-bond donors (Lipinski definition) is 2. The monoisotopic (exact) mass is 305 g/mol. The lowest BCUT2D eigenvalue weighted by atomic mass is 10.3. The Morgan fingerprint density at radius 3 is 2.32 bits per heavy atom. The summed E-state index contributed by atoms with van der Waals surface area (Å²) in [5.74, 6) is -2.92. The van der Waals surface area contributed by atoms with E-state index in [1.54, 1.807) is 0 Å². The molecule has 0 spiro atoms. The number of hydrogen-bond acceptors (Lipinski definition) is 4. The average Bonchev–Trinajstić information content (AvgIpc) is 2.28. The Bertz CT molecular complexity index is 582. The summed E-state index contributed by atoms with van der Waals surface area (Å²) in [5.41, 5.74) is 0. The van der Waals surface area contributed by atoms with E-state index in [0.29, 0.717) is 5.02 Å². The number of carbonyl (C=O) groups excluding carboxylic acids is 1. The number of amides is 1. The van der Waals surface area contributed by atoms with Crippen molar-refractivity contribution in [2.75, 3.05) is 5.75 Å². The van der Waals surface area contributed by atoms with Gasteiger partial charge < -0.3 is 10.4 Å². The zero-order valence-corrected chi connectivity index (χ0v) is 11.5. The van der Waals surface area contributed by atoms with Crippen molar-refractivity contribution in [2.24, 2.45) is 0 Å². The maximum atomic E-state index is 11.9. The predicted molar refractivity (Wildman–Crippen MR) is 68.7 cm³/mol. The van der Waals surface area contributed by atoms with Gasteiger partial charge >= 0.3 is 5.97 Å². The molecule has 8 heteroatoms. The molecule has 0 aliphatic heterocycles. The van der Waals surface area contributed by atoms with Crippen molar-refractivity contribution in [2.45, 2.75) is 17.9 Å². The number of halogens is 1. The summed E-state index contributed by atoms with van der Waals surface area (Å²) in [6, 6.07) is 4.21. The molecule has 0 bridgehead atoms. The molecule has 0 aromatic heterocycles. The van der Waals surface area contributed by atoms with E-state index in [2.05, 4.69) is 5.32 Å². The van der Waals surface area contributed by atoms with Crippen molar-refractivity contribution in [3.8, 4) is 0 Å². The maximum absolute atomic E-state index is 11.9. The van der Waals surface area contributed by atoms with Crippen molar-refractivity contribution in [3.63, 3.8) is 0 Å². The molecule has 2 N–H and O–H groups in total. The summed E-state index contributed by atoms with van der Waals surface area (Å²) in [6.07, 6.45) is 0. The minimum absolute atomic E-state index is 0.0463. The van der Waals surface area contributed by atoms with Crippen molar-refractivity contribution >= 4 is 33.3 Å². The Balaban J connectivity index is 2.77. The Hall–Kier alpha value is -1.60. The minimum Gasteiger partial charge on any atom is -0.480 e. The van der Waals surface area contributed by atoms with Gasteiger partial charge in [0.1, 0.15) is 11.8 Å². The van der Waals surface area contributed by atoms with Gasteiger partial charge in [-0.25, -0.2) is 8.42 Å². The topological polar surface area (TPSA) is 101 Å². The van der Waals surface area contributed by atoms with Gasteiger partial charge in [0, 0.05) is 5.02 Å². The highest BCUT2D eigenvalue weighted by Crippen LogP contribution is 2.15. The van der Waals surface area contributed by atoms with Crippen LogP contribution in [0.15, 0.2) is 29.2 Å². The molecule has 1 amide bonds. The lowest BCUT2D eigenvalue weighted by Gasteiger charge is -2.09. The van der Waals surface area contributed by atoms with E-state index >= 15 is 0 Å². The highest BCUT2D eigenvalue weighted by atomic mass is 35.5. The molecule has 1 atom stereocenters. The molecule has 0 radical (unpaired) electrons. The van der Waals surface area contributed by atoms with E-state index < -0.39 is 33.5 Å². The van der Waals surface area contributed by atoms with Gasteiger partial charge in [-0.3, -0.25) is 9.59 Å². The van der Waals surface area contributed by atoms with Gasteiger partial charge in [0.2, 0.25) is 5.91 Å². The standard InChI is InChI=1S/C11H12ClNO5S/c1-7(11(15)16)13-10(14)6-19(17,18)9-4-2-8(12)3-5-9/h2-5,7H,6H2,1H3,(H,13,14)(H,15,16)/t7-/m1/s1. The van der Waals surface area contributed by atoms with E-state index in [1.807, 2.05) is 0 Å². The third-order valence-corrected chi connectivity index (χ3v) is 4.13. The van der Waals surface area contributed by atoms with Gasteiger partial charge in [-0.05, 0) is 31.2 Å². The second-order valence-corrected chi connectivity index (χ2v) is 6.27. The van der Waals surface area contributed by atoms with Gasteiger partial charge in [-0.15, -0.1) is 0 Å². The van der Waals surface area contributed by atoms with Crippen LogP contribution in [0, 0.1) is 0 Å². The van der Waals surface area contributed by atoms with Crippen LogP contribution in [0.5, 0.6) is 0 Å². The van der Waals surface area contributed by atoms with Crippen LogP contribution < -0.4 is 5.32 Å². The van der Waals surface area contributed by atoms with Gasteiger partial charge in [-0.1, -0.05) is 11.6 Å². The minimum atomic E-state index is -3.81. The molecule has 6 nitrogen and oxygen atoms in total. The van der Waals surface area contributed by atoms with Crippen LogP contribution in [0.1, 0.15) is 6.92 Å². The first-order valence-corrected chi connectivity index (χ1v) is 7.26. The number of nitrogens with one attached hydrogen (secondary N) is 1. The SMILES string of the molecule is C[C@@H](NC(=O)CS(=O)(=O)c1ccc(Cl)cc1)C(=O)O. The first kappa shape index (κ1) is 15.5. The lowest BCUT2D eigenvalue weighted by Crippen LogP contribution is -2.41. The second-order valence-electron chi connectivity index (χ2n) is 3.84. The molecule has 19 heavy (non-hydrogen) atoms. The number of benzene rings is 1. The highest BCUT2D eigenvalue weighted by molar-refractivity contribution is 7.92. The molecule has 104 valence electrons. The molecule has 1 aromatic rings. The largest absolute Gasteiger partial charge is 0.480 e. The van der Waals surface area contributed by atoms with E-state index in [-0.39, 0.29) is 4.90 Å². The van der Waals surface area contributed by atoms with Gasteiger partial charge in [0.15, 0.2) is 9.84 Å². The van der Waals surface area contributed by atoms with E-state index in [0.717, 1.165) is 0 Å². The molecule has 1 rings (SSSR count). The summed E-state index contributed by atoms with van der Waals surface area (Å²) in [5, 5.41) is 11.0. The Labute approximate surface area is 115 Å². The van der Waals surface area contributed by atoms with Crippen molar-refractivity contribution < 1.29 is 23.1 Å². The lowest BCUT2D eigenvalue weighted by molar-refractivity contribution is -0.140. The predicted octanol–water partition coefficient (Wildman–Crippen LogP) is 0.703. The van der Waals surface area contributed by atoms with Crippen molar-refractivity contribution in [1.82, 2.24) is 5.32 Å². The normalized spacial score (nSPS) is 12.7. The van der Waals surface area contributed by atoms with Crippen molar-refractivity contribution in [3.05, 3.63) is 29.3 Å². The Morgan fingerprint density at radius 1 is 1.32 bits per heavy atom. The van der Waals surface area contributed by atoms with Crippen LogP contribution in [0.2, 0.25) is 5.02 Å². The zero-order chi connectivity index (χ0) is 14.6. The Kier molecular flexibility index (Phi) is 4.90. The van der Waals surface area contributed by atoms with Gasteiger partial charge in [-0.2, -0.15) is 0 Å². The quantitative estimate of drug-likeness (QED) is 0.834. The zero-order valence-electron chi connectivity index (χ0n) is 9.96. The fourth-order valence-corrected chi connectivity index (χ4v) is 2.51. The molecule has 0 aliphatic rings. The number of aliphatic carboxylic acids is 1. The molecule has 0 fully saturated rings. The van der Waals surface area contributed by atoms with Crippen LogP contribution in [0.3, 0.4) is 0 Å². The van der Waals surface area contributed by atoms with Crippen LogP contribution >= 0.6 is 11.6 Å². The fraction of sp³-hybridized carbons (Fsp3) is 0.273. The Morgan fingerprint density at radius 2 is 1.84 bits per heavy atom. The number of carboxylic acid groups (broad SMARTS) is 1. The average molecular weight is 306 g/mol. The number of carbonyl (C=O) groups is 2. The number of rotatable bonds is 5. The van der Waals surface area contributed by atoms with Crippen molar-refractivity contribution in [1.29, 1.82) is 0 Å². The summed E-state index contributed by atoms with van der Waals surface area (Å²) in [4.78, 5) is 21.9. The van der Waals surface area contributed by atoms with Crippen LogP contribution in [-0.4, -0.2) is 37.2 Å². The third kappa shape index (κ3) is 4.53. The summed E-state index contributed by atoms with van der Waals surface area (Å²) in [6.45, 7) is 1.25. The maximum Gasteiger partial charge on any atom is 0.325 e. The van der Waals surface area contributed by atoms with Gasteiger partial charge in [0.25, 0.3) is 0 Å². The molecule has 0 aliphatic carbocycles. The fourth-order valence-electron chi connectivity index (χ4n) is 1.24. The highest BCUT2D eigenvalue weighted by Gasteiger charge is 2.22. The van der Waals surface area contributed by atoms with E-state index in [9.17, 15) is 18.0 Å². The molecule has 0 heterocycles. The molecule has 0 saturated heterocycles. The summed E-state index contributed by atoms with van der Waals surface area (Å²) >= 11 is 5.63. The van der Waals surface area contributed by atoms with E-state index in [1.165, 1.54) is 31.2 Å². The third-order valence-electron chi connectivity index (χ3n) is 2.24. The van der Waals surface area contributed by atoms with E-state index in [4.69, 9.17) is 16.7 Å². The first-order chi connectivity index (χ1) is 8.72.